The number of ether oxygens (including phenoxy) is 1. The Hall–Kier alpha value is -0.410. The molecule has 0 spiro atoms. The van der Waals surface area contributed by atoms with Crippen molar-refractivity contribution in [2.24, 2.45) is 0 Å². The molecule has 1 N–H and O–H groups in total. The van der Waals surface area contributed by atoms with E-state index in [2.05, 4.69) is 12.2 Å². The van der Waals surface area contributed by atoms with Gasteiger partial charge in [0.25, 0.3) is 0 Å². The Morgan fingerprint density at radius 3 is 2.89 bits per heavy atom. The summed E-state index contributed by atoms with van der Waals surface area (Å²) in [6.45, 7) is 3.96. The van der Waals surface area contributed by atoms with Gasteiger partial charge in [-0.15, -0.1) is 0 Å². The van der Waals surface area contributed by atoms with Crippen LogP contribution in [0.1, 0.15) is 18.9 Å². The van der Waals surface area contributed by atoms with Gasteiger partial charge in [0.05, 0.1) is 5.03 Å². The van der Waals surface area contributed by atoms with Crippen LogP contribution in [0.15, 0.2) is 28.8 Å². The van der Waals surface area contributed by atoms with E-state index < -0.39 is 0 Å². The molecule has 2 nitrogen and oxygen atoms in total. The molecule has 0 unspecified atom stereocenters. The summed E-state index contributed by atoms with van der Waals surface area (Å²) in [6.07, 6.45) is 1.07. The Morgan fingerprint density at radius 2 is 2.22 bits per heavy atom. The highest BCUT2D eigenvalue weighted by atomic mass is 35.5. The van der Waals surface area contributed by atoms with Gasteiger partial charge in [0, 0.05) is 22.7 Å². The molecule has 0 aliphatic heterocycles. The number of benzene rings is 1. The fraction of sp³-hybridized carbons (Fsp3) is 0.385. The van der Waals surface area contributed by atoms with Gasteiger partial charge in [-0.25, -0.2) is 0 Å². The maximum absolute atomic E-state index is 6.16. The van der Waals surface area contributed by atoms with E-state index in [0.717, 1.165) is 24.3 Å². The zero-order valence-corrected chi connectivity index (χ0v) is 12.4. The molecule has 1 rings (SSSR count). The molecule has 0 radical (unpaired) electrons. The topological polar surface area (TPSA) is 21.3 Å². The molecule has 0 aliphatic rings. The van der Waals surface area contributed by atoms with Crippen molar-refractivity contribution >= 4 is 34.8 Å². The zero-order valence-electron chi connectivity index (χ0n) is 10.2. The van der Waals surface area contributed by atoms with Crippen molar-refractivity contribution in [1.82, 2.24) is 5.32 Å². The van der Waals surface area contributed by atoms with Crippen molar-refractivity contribution < 1.29 is 4.74 Å². The molecular weight excluding hydrogens is 293 g/mol. The van der Waals surface area contributed by atoms with E-state index in [-0.39, 0.29) is 6.61 Å². The molecule has 0 bridgehead atoms. The Bertz CT molecular complexity index is 407. The summed E-state index contributed by atoms with van der Waals surface area (Å²) in [5.41, 5.74) is 2.23. The normalized spacial score (nSPS) is 11.7. The average Bonchev–Trinajstić information content (AvgIpc) is 2.38. The largest absolute Gasteiger partial charge is 0.488 e. The van der Waals surface area contributed by atoms with Gasteiger partial charge in [-0.3, -0.25) is 0 Å². The first kappa shape index (κ1) is 15.6. The summed E-state index contributed by atoms with van der Waals surface area (Å²) in [7, 11) is 0. The average molecular weight is 309 g/mol. The van der Waals surface area contributed by atoms with Crippen LogP contribution >= 0.6 is 34.8 Å². The molecule has 0 aliphatic carbocycles. The van der Waals surface area contributed by atoms with Gasteiger partial charge < -0.3 is 10.1 Å². The van der Waals surface area contributed by atoms with Crippen LogP contribution in [0.2, 0.25) is 5.02 Å². The van der Waals surface area contributed by atoms with E-state index in [4.69, 9.17) is 39.5 Å². The lowest BCUT2D eigenvalue weighted by atomic mass is 10.2. The second-order valence-electron chi connectivity index (χ2n) is 3.74. The van der Waals surface area contributed by atoms with E-state index >= 15 is 0 Å². The van der Waals surface area contributed by atoms with Crippen LogP contribution < -0.4 is 10.1 Å². The summed E-state index contributed by atoms with van der Waals surface area (Å²) in [5, 5.41) is 4.43. The number of nitrogens with one attached hydrogen (secondary N) is 1. The quantitative estimate of drug-likeness (QED) is 0.747. The molecule has 5 heteroatoms. The molecular formula is C13H16Cl3NO. The molecule has 1 aromatic rings. The van der Waals surface area contributed by atoms with Crippen LogP contribution in [0.4, 0.5) is 0 Å². The van der Waals surface area contributed by atoms with Gasteiger partial charge in [-0.2, -0.15) is 0 Å². The van der Waals surface area contributed by atoms with Crippen LogP contribution in [-0.2, 0) is 6.54 Å². The molecule has 0 heterocycles. The van der Waals surface area contributed by atoms with Crippen molar-refractivity contribution in [2.45, 2.75) is 19.9 Å². The highest BCUT2D eigenvalue weighted by Crippen LogP contribution is 2.27. The number of rotatable bonds is 7. The van der Waals surface area contributed by atoms with E-state index in [1.165, 1.54) is 5.54 Å². The molecule has 18 heavy (non-hydrogen) atoms. The SMILES string of the molecule is CCCNCc1c(Cl)cccc1OC/C(Cl)=C/Cl. The second-order valence-corrected chi connectivity index (χ2v) is 4.85. The number of hydrogen-bond acceptors (Lipinski definition) is 2. The Balaban J connectivity index is 2.73. The lowest BCUT2D eigenvalue weighted by Crippen LogP contribution is -2.15. The lowest BCUT2D eigenvalue weighted by Gasteiger charge is -2.13. The van der Waals surface area contributed by atoms with Gasteiger partial charge in [-0.05, 0) is 25.1 Å². The minimum atomic E-state index is 0.242. The van der Waals surface area contributed by atoms with Crippen LogP contribution in [0.25, 0.3) is 0 Å². The molecule has 0 aromatic heterocycles. The van der Waals surface area contributed by atoms with Gasteiger partial charge in [-0.1, -0.05) is 47.8 Å². The summed E-state index contributed by atoms with van der Waals surface area (Å²) in [5.74, 6) is 0.725. The second kappa shape index (κ2) is 8.65. The maximum Gasteiger partial charge on any atom is 0.125 e. The Morgan fingerprint density at radius 1 is 1.44 bits per heavy atom. The van der Waals surface area contributed by atoms with Crippen molar-refractivity contribution in [2.75, 3.05) is 13.2 Å². The first-order valence-electron chi connectivity index (χ1n) is 5.74. The molecule has 100 valence electrons. The number of halogens is 3. The summed E-state index contributed by atoms with van der Waals surface area (Å²) in [4.78, 5) is 0. The van der Waals surface area contributed by atoms with Crippen molar-refractivity contribution in [3.05, 3.63) is 39.4 Å². The Labute approximate surface area is 123 Å². The third kappa shape index (κ3) is 5.07. The van der Waals surface area contributed by atoms with Gasteiger partial charge in [0.1, 0.15) is 12.4 Å². The van der Waals surface area contributed by atoms with Crippen molar-refractivity contribution in [3.63, 3.8) is 0 Å². The predicted octanol–water partition coefficient (Wildman–Crippen LogP) is 4.54. The summed E-state index contributed by atoms with van der Waals surface area (Å²) >= 11 is 17.4. The maximum atomic E-state index is 6.16. The van der Waals surface area contributed by atoms with Crippen LogP contribution in [-0.4, -0.2) is 13.2 Å². The van der Waals surface area contributed by atoms with Gasteiger partial charge in [0.2, 0.25) is 0 Å². The summed E-state index contributed by atoms with van der Waals surface area (Å²) < 4.78 is 5.59. The van der Waals surface area contributed by atoms with Crippen molar-refractivity contribution in [1.29, 1.82) is 0 Å². The predicted molar refractivity (Wildman–Crippen MR) is 78.7 cm³/mol. The minimum absolute atomic E-state index is 0.242. The molecule has 0 saturated carbocycles. The van der Waals surface area contributed by atoms with E-state index in [9.17, 15) is 0 Å². The van der Waals surface area contributed by atoms with Crippen LogP contribution in [0.3, 0.4) is 0 Å². The monoisotopic (exact) mass is 307 g/mol. The molecule has 0 fully saturated rings. The van der Waals surface area contributed by atoms with E-state index in [0.29, 0.717) is 16.6 Å². The Kier molecular flexibility index (Phi) is 7.52. The van der Waals surface area contributed by atoms with E-state index in [1.54, 1.807) is 0 Å². The molecule has 0 amide bonds. The van der Waals surface area contributed by atoms with E-state index in [1.807, 2.05) is 18.2 Å². The molecule has 0 atom stereocenters. The molecule has 0 saturated heterocycles. The highest BCUT2D eigenvalue weighted by Gasteiger charge is 2.08. The standard InChI is InChI=1S/C13H16Cl3NO/c1-2-6-17-8-11-12(16)4-3-5-13(11)18-9-10(15)7-14/h3-5,7,17H,2,6,8-9H2,1H3/b10-7-. The summed E-state index contributed by atoms with van der Waals surface area (Å²) in [6, 6.07) is 5.56. The van der Waals surface area contributed by atoms with Crippen molar-refractivity contribution in [3.8, 4) is 5.75 Å². The lowest BCUT2D eigenvalue weighted by molar-refractivity contribution is 0.354. The first-order valence-corrected chi connectivity index (χ1v) is 6.94. The third-order valence-electron chi connectivity index (χ3n) is 2.29. The molecule has 1 aromatic carbocycles. The van der Waals surface area contributed by atoms with Crippen LogP contribution in [0.5, 0.6) is 5.75 Å². The number of hydrogen-bond donors (Lipinski definition) is 1. The fourth-order valence-electron chi connectivity index (χ4n) is 1.41. The fourth-order valence-corrected chi connectivity index (χ4v) is 1.76. The first-order chi connectivity index (χ1) is 8.69. The third-order valence-corrected chi connectivity index (χ3v) is 3.24. The van der Waals surface area contributed by atoms with Gasteiger partial charge >= 0.3 is 0 Å². The van der Waals surface area contributed by atoms with Gasteiger partial charge in [0.15, 0.2) is 0 Å². The highest BCUT2D eigenvalue weighted by molar-refractivity contribution is 6.36. The van der Waals surface area contributed by atoms with Crippen LogP contribution in [0, 0.1) is 0 Å². The zero-order chi connectivity index (χ0) is 13.4. The minimum Gasteiger partial charge on any atom is -0.488 e. The smallest absolute Gasteiger partial charge is 0.125 e.